The van der Waals surface area contributed by atoms with Crippen molar-refractivity contribution in [3.05, 3.63) is 29.8 Å². The summed E-state index contributed by atoms with van der Waals surface area (Å²) in [5.41, 5.74) is -2.75. The van der Waals surface area contributed by atoms with E-state index in [1.54, 1.807) is 12.1 Å². The molecule has 0 aliphatic carbocycles. The first-order valence-corrected chi connectivity index (χ1v) is 9.00. The van der Waals surface area contributed by atoms with Crippen LogP contribution in [0.25, 0.3) is 0 Å². The number of aliphatic carboxylic acids is 3. The first-order chi connectivity index (χ1) is 14.4. The van der Waals surface area contributed by atoms with Gasteiger partial charge in [-0.25, -0.2) is 9.59 Å². The van der Waals surface area contributed by atoms with Crippen molar-refractivity contribution in [3.8, 4) is 5.75 Å². The molecule has 0 saturated carbocycles. The van der Waals surface area contributed by atoms with Crippen molar-refractivity contribution in [2.45, 2.75) is 32.3 Å². The number of aromatic carboxylic acids is 1. The number of rotatable bonds is 11. The highest BCUT2D eigenvalue weighted by molar-refractivity contribution is 5.92. The zero-order valence-corrected chi connectivity index (χ0v) is 17.0. The number of para-hydroxylation sites is 1. The van der Waals surface area contributed by atoms with Crippen molar-refractivity contribution in [2.75, 3.05) is 19.6 Å². The molecule has 12 nitrogen and oxygen atoms in total. The molecule has 0 aliphatic heterocycles. The highest BCUT2D eigenvalue weighted by atomic mass is 16.5. The smallest absolute Gasteiger partial charge is 0.339 e. The number of hydrogen-bond acceptors (Lipinski definition) is 8. The van der Waals surface area contributed by atoms with Crippen LogP contribution in [0.3, 0.4) is 0 Å². The van der Waals surface area contributed by atoms with Gasteiger partial charge in [-0.15, -0.1) is 0 Å². The van der Waals surface area contributed by atoms with Gasteiger partial charge in [0.15, 0.2) is 5.60 Å². The molecule has 31 heavy (non-hydrogen) atoms. The van der Waals surface area contributed by atoms with Crippen LogP contribution < -0.4 is 4.74 Å². The number of carbonyl (C=O) groups excluding carboxylic acids is 1. The average molecular weight is 443 g/mol. The summed E-state index contributed by atoms with van der Waals surface area (Å²) >= 11 is 0. The Morgan fingerprint density at radius 1 is 0.903 bits per heavy atom. The van der Waals surface area contributed by atoms with E-state index in [-0.39, 0.29) is 17.9 Å². The van der Waals surface area contributed by atoms with Gasteiger partial charge >= 0.3 is 29.8 Å². The Morgan fingerprint density at radius 2 is 1.39 bits per heavy atom. The van der Waals surface area contributed by atoms with Crippen LogP contribution in [-0.4, -0.2) is 85.5 Å². The molecule has 0 saturated heterocycles. The fourth-order valence-corrected chi connectivity index (χ4v) is 2.23. The van der Waals surface area contributed by atoms with Gasteiger partial charge in [0.05, 0.1) is 19.4 Å². The molecular weight excluding hydrogens is 418 g/mol. The number of aliphatic hydroxyl groups is 1. The molecule has 5 N–H and O–H groups in total. The fourth-order valence-electron chi connectivity index (χ4n) is 2.23. The maximum Gasteiger partial charge on any atom is 0.339 e. The number of carboxylic acid groups (broad SMARTS) is 4. The van der Waals surface area contributed by atoms with E-state index in [2.05, 4.69) is 0 Å². The van der Waals surface area contributed by atoms with Crippen molar-refractivity contribution >= 4 is 29.8 Å². The molecule has 0 radical (unpaired) electrons. The fraction of sp³-hybridized carbons (Fsp3) is 0.421. The van der Waals surface area contributed by atoms with Gasteiger partial charge in [0, 0.05) is 0 Å². The molecule has 0 atom stereocenters. The van der Waals surface area contributed by atoms with E-state index in [1.807, 2.05) is 18.7 Å². The van der Waals surface area contributed by atoms with Crippen LogP contribution in [0, 0.1) is 0 Å². The van der Waals surface area contributed by atoms with Crippen molar-refractivity contribution in [1.29, 1.82) is 0 Å². The maximum atomic E-state index is 11.7. The van der Waals surface area contributed by atoms with Crippen LogP contribution in [0.5, 0.6) is 5.75 Å². The Balaban J connectivity index is 0.000000615. The van der Waals surface area contributed by atoms with Gasteiger partial charge in [-0.05, 0) is 25.2 Å². The van der Waals surface area contributed by atoms with E-state index in [9.17, 15) is 24.0 Å². The average Bonchev–Trinajstić information content (AvgIpc) is 2.65. The predicted molar refractivity (Wildman–Crippen MR) is 104 cm³/mol. The Hall–Kier alpha value is -3.51. The van der Waals surface area contributed by atoms with Gasteiger partial charge in [-0.3, -0.25) is 19.3 Å². The summed E-state index contributed by atoms with van der Waals surface area (Å²) in [6.45, 7) is 5.53. The number of esters is 1. The Bertz CT molecular complexity index is 786. The standard InChI is InChI=1S/C13H17NO4.C6H8O7/c1-3-14(4-2)9-12(15)18-11-8-6-5-7-10(11)13(16)17;7-3(8)1-6(13,5(11)12)2-4(9)10/h5-8H,3-4,9H2,1-2H3,(H,16,17);13H,1-2H2,(H,7,8)(H,9,10)(H,11,12). The molecule has 1 aromatic carbocycles. The molecule has 0 heterocycles. The maximum absolute atomic E-state index is 11.7. The van der Waals surface area contributed by atoms with Crippen LogP contribution in [0.2, 0.25) is 0 Å². The van der Waals surface area contributed by atoms with E-state index in [0.717, 1.165) is 13.1 Å². The Labute approximate surface area is 177 Å². The minimum Gasteiger partial charge on any atom is -0.481 e. The van der Waals surface area contributed by atoms with Crippen LogP contribution in [0.4, 0.5) is 0 Å². The summed E-state index contributed by atoms with van der Waals surface area (Å²) in [6, 6.07) is 6.10. The second kappa shape index (κ2) is 12.9. The molecule has 172 valence electrons. The third-order valence-electron chi connectivity index (χ3n) is 3.87. The van der Waals surface area contributed by atoms with Crippen molar-refractivity contribution < 1.29 is 54.2 Å². The van der Waals surface area contributed by atoms with Gasteiger partial charge in [0.2, 0.25) is 0 Å². The Kier molecular flexibility index (Phi) is 11.5. The van der Waals surface area contributed by atoms with Crippen molar-refractivity contribution in [3.63, 3.8) is 0 Å². The molecule has 1 aromatic rings. The van der Waals surface area contributed by atoms with E-state index in [0.29, 0.717) is 0 Å². The van der Waals surface area contributed by atoms with Crippen molar-refractivity contribution in [1.82, 2.24) is 4.90 Å². The normalized spacial score (nSPS) is 10.6. The molecule has 0 spiro atoms. The van der Waals surface area contributed by atoms with Crippen LogP contribution in [0.15, 0.2) is 24.3 Å². The van der Waals surface area contributed by atoms with E-state index in [4.69, 9.17) is 30.3 Å². The van der Waals surface area contributed by atoms with Gasteiger partial charge in [0.1, 0.15) is 11.3 Å². The highest BCUT2D eigenvalue weighted by Crippen LogP contribution is 2.18. The zero-order chi connectivity index (χ0) is 24.2. The third-order valence-corrected chi connectivity index (χ3v) is 3.87. The lowest BCUT2D eigenvalue weighted by Gasteiger charge is -2.18. The number of likely N-dealkylation sites (N-methyl/N-ethyl adjacent to an activating group) is 1. The SMILES string of the molecule is CCN(CC)CC(=O)Oc1ccccc1C(=O)O.O=C(O)CC(O)(CC(=O)O)C(=O)O. The predicted octanol–water partition coefficient (Wildman–Crippen LogP) is 0.384. The lowest BCUT2D eigenvalue weighted by atomic mass is 9.96. The molecule has 0 bridgehead atoms. The second-order valence-electron chi connectivity index (χ2n) is 6.21. The summed E-state index contributed by atoms with van der Waals surface area (Å²) < 4.78 is 5.08. The number of carboxylic acids is 4. The van der Waals surface area contributed by atoms with E-state index in [1.165, 1.54) is 12.1 Å². The number of ether oxygens (including phenoxy) is 1. The van der Waals surface area contributed by atoms with Crippen molar-refractivity contribution in [2.24, 2.45) is 0 Å². The largest absolute Gasteiger partial charge is 0.481 e. The quantitative estimate of drug-likeness (QED) is 0.233. The highest BCUT2D eigenvalue weighted by Gasteiger charge is 2.40. The van der Waals surface area contributed by atoms with Gasteiger partial charge in [-0.1, -0.05) is 26.0 Å². The molecule has 0 unspecified atom stereocenters. The summed E-state index contributed by atoms with van der Waals surface area (Å²) in [6.07, 6.45) is -2.29. The topological polar surface area (TPSA) is 199 Å². The summed E-state index contributed by atoms with van der Waals surface area (Å²) in [4.78, 5) is 55.0. The third kappa shape index (κ3) is 10.2. The number of hydrogen-bond donors (Lipinski definition) is 5. The zero-order valence-electron chi connectivity index (χ0n) is 17.0. The molecule has 12 heteroatoms. The number of benzene rings is 1. The second-order valence-corrected chi connectivity index (χ2v) is 6.21. The minimum absolute atomic E-state index is 0.00889. The van der Waals surface area contributed by atoms with Gasteiger partial charge in [0.25, 0.3) is 0 Å². The lowest BCUT2D eigenvalue weighted by Crippen LogP contribution is -2.42. The molecular formula is C19H25NO11. The van der Waals surface area contributed by atoms with Crippen LogP contribution >= 0.6 is 0 Å². The number of nitrogens with zero attached hydrogens (tertiary/aromatic N) is 1. The first-order valence-electron chi connectivity index (χ1n) is 9.00. The van der Waals surface area contributed by atoms with Crippen LogP contribution in [-0.2, 0) is 19.2 Å². The molecule has 0 fully saturated rings. The van der Waals surface area contributed by atoms with E-state index < -0.39 is 48.3 Å². The van der Waals surface area contributed by atoms with Crippen LogP contribution in [0.1, 0.15) is 37.0 Å². The molecule has 0 aliphatic rings. The molecule has 0 aromatic heterocycles. The summed E-state index contributed by atoms with van der Waals surface area (Å²) in [7, 11) is 0. The molecule has 0 amide bonds. The van der Waals surface area contributed by atoms with Gasteiger partial charge in [-0.2, -0.15) is 0 Å². The summed E-state index contributed by atoms with van der Waals surface area (Å²) in [5, 5.41) is 42.8. The number of carbonyl (C=O) groups is 5. The monoisotopic (exact) mass is 443 g/mol. The first kappa shape index (κ1) is 27.5. The molecule has 1 rings (SSSR count). The van der Waals surface area contributed by atoms with E-state index >= 15 is 0 Å². The Morgan fingerprint density at radius 3 is 1.77 bits per heavy atom. The lowest BCUT2D eigenvalue weighted by molar-refractivity contribution is -0.170. The minimum atomic E-state index is -2.74. The summed E-state index contributed by atoms with van der Waals surface area (Å²) in [5.74, 6) is -6.50. The van der Waals surface area contributed by atoms with Gasteiger partial charge < -0.3 is 30.3 Å².